The third kappa shape index (κ3) is 1.96. The van der Waals surface area contributed by atoms with Gasteiger partial charge in [-0.25, -0.2) is 0 Å². The number of rotatable bonds is 2. The van der Waals surface area contributed by atoms with Crippen molar-refractivity contribution in [1.29, 1.82) is 0 Å². The lowest BCUT2D eigenvalue weighted by Gasteiger charge is -2.34. The van der Waals surface area contributed by atoms with Crippen LogP contribution in [0.2, 0.25) is 0 Å². The Morgan fingerprint density at radius 3 is 2.60 bits per heavy atom. The van der Waals surface area contributed by atoms with Gasteiger partial charge in [-0.15, -0.1) is 0 Å². The second-order valence-electron chi connectivity index (χ2n) is 5.80. The molecule has 0 unspecified atom stereocenters. The Balaban J connectivity index is 2.30. The number of aliphatic hydroxyl groups excluding tert-OH is 2. The third-order valence-electron chi connectivity index (χ3n) is 4.00. The van der Waals surface area contributed by atoms with Gasteiger partial charge in [0.05, 0.1) is 6.04 Å². The highest BCUT2D eigenvalue weighted by molar-refractivity contribution is 6.03. The van der Waals surface area contributed by atoms with E-state index in [-0.39, 0.29) is 11.7 Å². The summed E-state index contributed by atoms with van der Waals surface area (Å²) in [6.07, 6.45) is 0.517. The van der Waals surface area contributed by atoms with Crippen molar-refractivity contribution in [2.24, 2.45) is 0 Å². The summed E-state index contributed by atoms with van der Waals surface area (Å²) >= 11 is 0. The molecule has 0 bridgehead atoms. The first-order valence-electron chi connectivity index (χ1n) is 6.57. The summed E-state index contributed by atoms with van der Waals surface area (Å²) in [6.45, 7) is 6.87. The summed E-state index contributed by atoms with van der Waals surface area (Å²) in [5.41, 5.74) is -0.378. The molecule has 1 fully saturated rings. The molecular formula is C14H20N2O4. The molecule has 4 atom stereocenters. The summed E-state index contributed by atoms with van der Waals surface area (Å²) in [6, 6.07) is -0.459. The molecule has 0 radical (unpaired) electrons. The molecule has 0 saturated carbocycles. The molecule has 2 heterocycles. The van der Waals surface area contributed by atoms with Crippen LogP contribution in [0.25, 0.3) is 0 Å². The van der Waals surface area contributed by atoms with Crippen LogP contribution < -0.4 is 5.32 Å². The summed E-state index contributed by atoms with van der Waals surface area (Å²) in [7, 11) is 0. The Labute approximate surface area is 117 Å². The fourth-order valence-corrected chi connectivity index (χ4v) is 2.91. The number of nitrogens with zero attached hydrogens (tertiary/aromatic N) is 1. The van der Waals surface area contributed by atoms with Gasteiger partial charge in [-0.05, 0) is 27.7 Å². The van der Waals surface area contributed by atoms with Gasteiger partial charge in [-0.1, -0.05) is 5.57 Å². The molecule has 1 amide bonds. The Morgan fingerprint density at radius 2 is 2.05 bits per heavy atom. The highest BCUT2D eigenvalue weighted by Gasteiger charge is 2.61. The minimum atomic E-state index is -1.22. The normalized spacial score (nSPS) is 35.7. The minimum Gasteiger partial charge on any atom is -0.388 e. The highest BCUT2D eigenvalue weighted by atomic mass is 16.3. The van der Waals surface area contributed by atoms with Gasteiger partial charge in [-0.3, -0.25) is 9.59 Å². The molecule has 0 spiro atoms. The van der Waals surface area contributed by atoms with E-state index in [0.717, 1.165) is 5.57 Å². The number of hydrogen-bond donors (Lipinski definition) is 3. The van der Waals surface area contributed by atoms with Crippen LogP contribution in [0.15, 0.2) is 23.5 Å². The zero-order valence-electron chi connectivity index (χ0n) is 12.0. The van der Waals surface area contributed by atoms with Crippen molar-refractivity contribution in [2.75, 3.05) is 0 Å². The van der Waals surface area contributed by atoms with Gasteiger partial charge < -0.3 is 20.4 Å². The van der Waals surface area contributed by atoms with Gasteiger partial charge in [0.15, 0.2) is 5.78 Å². The monoisotopic (exact) mass is 280 g/mol. The standard InChI is InChI=1S/C14H20N2O4/c1-7(2)5-11(18)15-10-6-9(17)14(4)13(20)12(19)8(3)16(10)14/h5-6,8,12-13,19-20H,1-4H3,(H,15,18)/t8-,12-,13+,14-/m0/s1. The number of aliphatic hydroxyl groups is 2. The van der Waals surface area contributed by atoms with Crippen molar-refractivity contribution in [3.05, 3.63) is 23.5 Å². The molecule has 110 valence electrons. The lowest BCUT2D eigenvalue weighted by atomic mass is 9.91. The highest BCUT2D eigenvalue weighted by Crippen LogP contribution is 2.41. The molecule has 2 aliphatic rings. The van der Waals surface area contributed by atoms with Crippen LogP contribution in [-0.4, -0.2) is 50.6 Å². The van der Waals surface area contributed by atoms with Gasteiger partial charge in [0, 0.05) is 12.2 Å². The first-order chi connectivity index (χ1) is 9.19. The van der Waals surface area contributed by atoms with E-state index >= 15 is 0 Å². The molecule has 0 aromatic heterocycles. The largest absolute Gasteiger partial charge is 0.388 e. The van der Waals surface area contributed by atoms with Crippen molar-refractivity contribution in [3.8, 4) is 0 Å². The van der Waals surface area contributed by atoms with E-state index < -0.39 is 23.8 Å². The summed E-state index contributed by atoms with van der Waals surface area (Å²) in [5, 5.41) is 22.7. The second kappa shape index (κ2) is 4.71. The van der Waals surface area contributed by atoms with E-state index in [1.54, 1.807) is 32.6 Å². The van der Waals surface area contributed by atoms with Crippen LogP contribution in [0, 0.1) is 0 Å². The fourth-order valence-electron chi connectivity index (χ4n) is 2.91. The number of allylic oxidation sites excluding steroid dienone is 1. The Bertz CT molecular complexity index is 521. The van der Waals surface area contributed by atoms with Crippen molar-refractivity contribution < 1.29 is 19.8 Å². The van der Waals surface area contributed by atoms with Crippen LogP contribution in [-0.2, 0) is 9.59 Å². The number of ketones is 1. The maximum Gasteiger partial charge on any atom is 0.249 e. The zero-order valence-corrected chi connectivity index (χ0v) is 12.0. The lowest BCUT2D eigenvalue weighted by Crippen LogP contribution is -2.52. The molecule has 20 heavy (non-hydrogen) atoms. The average molecular weight is 280 g/mol. The quantitative estimate of drug-likeness (QED) is 0.603. The summed E-state index contributed by atoms with van der Waals surface area (Å²) < 4.78 is 0. The van der Waals surface area contributed by atoms with E-state index in [1.807, 2.05) is 0 Å². The smallest absolute Gasteiger partial charge is 0.249 e. The predicted octanol–water partition coefficient (Wildman–Crippen LogP) is -0.323. The Morgan fingerprint density at radius 1 is 1.45 bits per heavy atom. The van der Waals surface area contributed by atoms with E-state index in [2.05, 4.69) is 5.32 Å². The van der Waals surface area contributed by atoms with Crippen molar-refractivity contribution in [1.82, 2.24) is 10.2 Å². The number of carbonyl (C=O) groups is 2. The molecular weight excluding hydrogens is 260 g/mol. The van der Waals surface area contributed by atoms with E-state index in [1.165, 1.54) is 12.2 Å². The van der Waals surface area contributed by atoms with Crippen LogP contribution in [0.3, 0.4) is 0 Å². The molecule has 2 aliphatic heterocycles. The van der Waals surface area contributed by atoms with Crippen LogP contribution in [0.4, 0.5) is 0 Å². The number of amides is 1. The molecule has 3 N–H and O–H groups in total. The van der Waals surface area contributed by atoms with Crippen molar-refractivity contribution >= 4 is 11.7 Å². The van der Waals surface area contributed by atoms with Gasteiger partial charge >= 0.3 is 0 Å². The molecule has 0 aliphatic carbocycles. The topological polar surface area (TPSA) is 89.9 Å². The number of fused-ring (bicyclic) bond motifs is 1. The van der Waals surface area contributed by atoms with Crippen molar-refractivity contribution in [3.63, 3.8) is 0 Å². The van der Waals surface area contributed by atoms with Gasteiger partial charge in [-0.2, -0.15) is 0 Å². The third-order valence-corrected chi connectivity index (χ3v) is 4.00. The Kier molecular flexibility index (Phi) is 3.47. The van der Waals surface area contributed by atoms with Gasteiger partial charge in [0.2, 0.25) is 5.91 Å². The average Bonchev–Trinajstić information content (AvgIpc) is 2.66. The zero-order chi connectivity index (χ0) is 15.2. The maximum absolute atomic E-state index is 12.1. The maximum atomic E-state index is 12.1. The summed E-state index contributed by atoms with van der Waals surface area (Å²) in [4.78, 5) is 25.5. The Hall–Kier alpha value is -1.66. The van der Waals surface area contributed by atoms with E-state index in [0.29, 0.717) is 5.82 Å². The minimum absolute atomic E-state index is 0.319. The van der Waals surface area contributed by atoms with E-state index in [4.69, 9.17) is 0 Å². The SMILES string of the molecule is CC(C)=CC(=O)NC1=CC(=O)[C@@]2(C)[C@H](O)[C@@H](O)[C@H](C)N12. The fraction of sp³-hybridized carbons (Fsp3) is 0.571. The number of nitrogens with one attached hydrogen (secondary N) is 1. The molecule has 2 rings (SSSR count). The van der Waals surface area contributed by atoms with Crippen LogP contribution in [0.1, 0.15) is 27.7 Å². The van der Waals surface area contributed by atoms with Crippen LogP contribution in [0.5, 0.6) is 0 Å². The molecule has 1 saturated heterocycles. The first kappa shape index (κ1) is 14.7. The van der Waals surface area contributed by atoms with Crippen LogP contribution >= 0.6 is 0 Å². The molecule has 0 aromatic carbocycles. The second-order valence-corrected chi connectivity index (χ2v) is 5.80. The lowest BCUT2D eigenvalue weighted by molar-refractivity contribution is -0.126. The molecule has 6 nitrogen and oxygen atoms in total. The predicted molar refractivity (Wildman–Crippen MR) is 72.4 cm³/mol. The number of carbonyl (C=O) groups excluding carboxylic acids is 2. The van der Waals surface area contributed by atoms with Crippen molar-refractivity contribution in [2.45, 2.75) is 51.5 Å². The van der Waals surface area contributed by atoms with Gasteiger partial charge in [0.25, 0.3) is 0 Å². The van der Waals surface area contributed by atoms with E-state index in [9.17, 15) is 19.8 Å². The molecule has 0 aromatic rings. The first-order valence-corrected chi connectivity index (χ1v) is 6.57. The molecule has 6 heteroatoms. The number of hydrogen-bond acceptors (Lipinski definition) is 5. The van der Waals surface area contributed by atoms with Gasteiger partial charge in [0.1, 0.15) is 23.6 Å². The summed E-state index contributed by atoms with van der Waals surface area (Å²) in [5.74, 6) is -0.333.